The predicted molar refractivity (Wildman–Crippen MR) is 142 cm³/mol. The zero-order chi connectivity index (χ0) is 22.1. The van der Waals surface area contributed by atoms with E-state index in [4.69, 9.17) is 16.3 Å². The lowest BCUT2D eigenvalue weighted by atomic mass is 10.1. The van der Waals surface area contributed by atoms with E-state index in [0.29, 0.717) is 36.2 Å². The normalized spacial score (nSPS) is 15.9. The Morgan fingerprint density at radius 1 is 1.25 bits per heavy atom. The molecule has 1 heterocycles. The summed E-state index contributed by atoms with van der Waals surface area (Å²) in [5.41, 5.74) is 2.89. The van der Waals surface area contributed by atoms with Crippen LogP contribution in [0.1, 0.15) is 24.0 Å². The zero-order valence-electron chi connectivity index (χ0n) is 18.6. The van der Waals surface area contributed by atoms with Gasteiger partial charge in [0, 0.05) is 39.0 Å². The highest BCUT2D eigenvalue weighted by Gasteiger charge is 2.25. The quantitative estimate of drug-likeness (QED) is 0.274. The van der Waals surface area contributed by atoms with E-state index in [1.165, 1.54) is 5.56 Å². The van der Waals surface area contributed by atoms with Crippen LogP contribution in [0.25, 0.3) is 0 Å². The van der Waals surface area contributed by atoms with E-state index < -0.39 is 0 Å². The molecule has 174 valence electrons. The van der Waals surface area contributed by atoms with Crippen molar-refractivity contribution in [3.05, 3.63) is 64.7 Å². The first kappa shape index (κ1) is 26.4. The number of rotatable bonds is 8. The van der Waals surface area contributed by atoms with Crippen molar-refractivity contribution in [3.8, 4) is 0 Å². The van der Waals surface area contributed by atoms with Gasteiger partial charge in [0.05, 0.1) is 23.9 Å². The fourth-order valence-corrected chi connectivity index (χ4v) is 3.92. The molecule has 0 aromatic heterocycles. The molecule has 0 aliphatic carbocycles. The molecule has 1 aliphatic rings. The van der Waals surface area contributed by atoms with Crippen LogP contribution >= 0.6 is 35.6 Å². The average molecular weight is 571 g/mol. The fourth-order valence-electron chi connectivity index (χ4n) is 3.63. The minimum absolute atomic E-state index is 0. The molecule has 1 amide bonds. The number of aryl methyl sites for hydroxylation is 1. The Morgan fingerprint density at radius 2 is 2.03 bits per heavy atom. The molecule has 0 bridgehead atoms. The van der Waals surface area contributed by atoms with E-state index in [9.17, 15) is 4.79 Å². The van der Waals surface area contributed by atoms with E-state index in [-0.39, 0.29) is 29.9 Å². The van der Waals surface area contributed by atoms with Gasteiger partial charge in [0.2, 0.25) is 5.91 Å². The maximum atomic E-state index is 12.2. The first-order valence-electron chi connectivity index (χ1n) is 10.7. The third kappa shape index (κ3) is 8.26. The van der Waals surface area contributed by atoms with Crippen LogP contribution in [0.15, 0.2) is 53.5 Å². The maximum Gasteiger partial charge on any atom is 0.226 e. The van der Waals surface area contributed by atoms with E-state index in [1.54, 1.807) is 7.05 Å². The standard InChI is InChI=1S/C24H31ClN4O2.HI/c1-18-8-9-22(21(25)14-18)28-23(30)10-12-27-24(26-2)29-13-11-20(15-29)17-31-16-19-6-4-3-5-7-19;/h3-9,14,20H,10-13,15-17H2,1-2H3,(H,26,27)(H,28,30);1H. The number of amides is 1. The van der Waals surface area contributed by atoms with Gasteiger partial charge < -0.3 is 20.3 Å². The SMILES string of the molecule is CN=C(NCCC(=O)Nc1ccc(C)cc1Cl)N1CCC(COCc2ccccc2)C1.I. The number of guanidine groups is 1. The van der Waals surface area contributed by atoms with Crippen LogP contribution in [-0.4, -0.2) is 50.1 Å². The number of carbonyl (C=O) groups is 1. The van der Waals surface area contributed by atoms with E-state index in [1.807, 2.05) is 43.3 Å². The Bertz CT molecular complexity index is 895. The van der Waals surface area contributed by atoms with Crippen LogP contribution in [0.4, 0.5) is 5.69 Å². The number of anilines is 1. The minimum atomic E-state index is -0.0812. The molecule has 2 N–H and O–H groups in total. The van der Waals surface area contributed by atoms with Gasteiger partial charge in [-0.25, -0.2) is 0 Å². The van der Waals surface area contributed by atoms with Gasteiger partial charge in [-0.3, -0.25) is 9.79 Å². The minimum Gasteiger partial charge on any atom is -0.376 e. The molecule has 0 spiro atoms. The molecule has 6 nitrogen and oxygen atoms in total. The molecule has 1 fully saturated rings. The maximum absolute atomic E-state index is 12.2. The molecule has 1 aliphatic heterocycles. The number of ether oxygens (including phenoxy) is 1. The second-order valence-electron chi connectivity index (χ2n) is 7.86. The molecule has 2 aromatic rings. The van der Waals surface area contributed by atoms with Gasteiger partial charge in [0.25, 0.3) is 0 Å². The summed E-state index contributed by atoms with van der Waals surface area (Å²) >= 11 is 6.18. The number of halogens is 2. The predicted octanol–water partition coefficient (Wildman–Crippen LogP) is 4.71. The van der Waals surface area contributed by atoms with Gasteiger partial charge >= 0.3 is 0 Å². The van der Waals surface area contributed by atoms with Gasteiger partial charge in [0.15, 0.2) is 5.96 Å². The van der Waals surface area contributed by atoms with Crippen LogP contribution in [0, 0.1) is 12.8 Å². The molecule has 2 aromatic carbocycles. The fraction of sp³-hybridized carbons (Fsp3) is 0.417. The van der Waals surface area contributed by atoms with Crippen molar-refractivity contribution >= 4 is 53.1 Å². The number of benzene rings is 2. The lowest BCUT2D eigenvalue weighted by Gasteiger charge is -2.21. The topological polar surface area (TPSA) is 66.0 Å². The average Bonchev–Trinajstić information content (AvgIpc) is 3.23. The van der Waals surface area contributed by atoms with Crippen LogP contribution in [-0.2, 0) is 16.1 Å². The van der Waals surface area contributed by atoms with Crippen LogP contribution in [0.2, 0.25) is 5.02 Å². The lowest BCUT2D eigenvalue weighted by Crippen LogP contribution is -2.41. The van der Waals surface area contributed by atoms with Crippen molar-refractivity contribution in [1.82, 2.24) is 10.2 Å². The van der Waals surface area contributed by atoms with E-state index in [0.717, 1.165) is 37.6 Å². The number of carbonyl (C=O) groups excluding carboxylic acids is 1. The Hall–Kier alpha value is -1.84. The molecule has 3 rings (SSSR count). The number of hydrogen-bond acceptors (Lipinski definition) is 3. The first-order valence-corrected chi connectivity index (χ1v) is 11.1. The number of aliphatic imine (C=N–C) groups is 1. The highest BCUT2D eigenvalue weighted by atomic mass is 127. The molecule has 0 saturated carbocycles. The van der Waals surface area contributed by atoms with E-state index in [2.05, 4.69) is 32.7 Å². The Kier molecular flexibility index (Phi) is 11.3. The van der Waals surface area contributed by atoms with Gasteiger partial charge in [-0.15, -0.1) is 24.0 Å². The summed E-state index contributed by atoms with van der Waals surface area (Å²) in [6.45, 7) is 5.69. The van der Waals surface area contributed by atoms with Gasteiger partial charge in [-0.2, -0.15) is 0 Å². The smallest absolute Gasteiger partial charge is 0.226 e. The number of nitrogens with one attached hydrogen (secondary N) is 2. The summed E-state index contributed by atoms with van der Waals surface area (Å²) in [6, 6.07) is 15.8. The molecule has 1 saturated heterocycles. The largest absolute Gasteiger partial charge is 0.376 e. The second-order valence-corrected chi connectivity index (χ2v) is 8.26. The number of hydrogen-bond donors (Lipinski definition) is 2. The van der Waals surface area contributed by atoms with Gasteiger partial charge in [0.1, 0.15) is 0 Å². The molecule has 1 unspecified atom stereocenters. The Balaban J connectivity index is 0.00000363. The van der Waals surface area contributed by atoms with Crippen LogP contribution in [0.5, 0.6) is 0 Å². The molecule has 1 atom stereocenters. The van der Waals surface area contributed by atoms with Gasteiger partial charge in [-0.1, -0.05) is 48.0 Å². The van der Waals surface area contributed by atoms with Gasteiger partial charge in [-0.05, 0) is 36.6 Å². The second kappa shape index (κ2) is 13.6. The van der Waals surface area contributed by atoms with Crippen LogP contribution < -0.4 is 10.6 Å². The molecular formula is C24H32ClIN4O2. The Labute approximate surface area is 212 Å². The molecular weight excluding hydrogens is 539 g/mol. The summed E-state index contributed by atoms with van der Waals surface area (Å²) < 4.78 is 5.90. The summed E-state index contributed by atoms with van der Waals surface area (Å²) in [4.78, 5) is 18.9. The highest BCUT2D eigenvalue weighted by molar-refractivity contribution is 14.0. The zero-order valence-corrected chi connectivity index (χ0v) is 21.7. The highest BCUT2D eigenvalue weighted by Crippen LogP contribution is 2.22. The van der Waals surface area contributed by atoms with E-state index >= 15 is 0 Å². The van der Waals surface area contributed by atoms with Crippen molar-refractivity contribution in [3.63, 3.8) is 0 Å². The van der Waals surface area contributed by atoms with Crippen molar-refractivity contribution in [2.24, 2.45) is 10.9 Å². The molecule has 32 heavy (non-hydrogen) atoms. The summed E-state index contributed by atoms with van der Waals surface area (Å²) in [5.74, 6) is 1.23. The monoisotopic (exact) mass is 570 g/mol. The number of likely N-dealkylation sites (tertiary alicyclic amines) is 1. The lowest BCUT2D eigenvalue weighted by molar-refractivity contribution is -0.116. The number of nitrogens with zero attached hydrogens (tertiary/aromatic N) is 2. The summed E-state index contributed by atoms with van der Waals surface area (Å²) in [7, 11) is 1.77. The van der Waals surface area contributed by atoms with Crippen molar-refractivity contribution < 1.29 is 9.53 Å². The third-order valence-electron chi connectivity index (χ3n) is 5.30. The van der Waals surface area contributed by atoms with Crippen molar-refractivity contribution in [1.29, 1.82) is 0 Å². The molecule has 0 radical (unpaired) electrons. The summed E-state index contributed by atoms with van der Waals surface area (Å²) in [6.07, 6.45) is 1.41. The molecule has 8 heteroatoms. The van der Waals surface area contributed by atoms with Crippen molar-refractivity contribution in [2.45, 2.75) is 26.4 Å². The van der Waals surface area contributed by atoms with Crippen molar-refractivity contribution in [2.75, 3.05) is 38.6 Å². The first-order chi connectivity index (χ1) is 15.0. The van der Waals surface area contributed by atoms with Crippen LogP contribution in [0.3, 0.4) is 0 Å². The Morgan fingerprint density at radius 3 is 2.75 bits per heavy atom. The third-order valence-corrected chi connectivity index (χ3v) is 5.61. The summed E-state index contributed by atoms with van der Waals surface area (Å²) in [5, 5.41) is 6.71.